The van der Waals surface area contributed by atoms with Gasteiger partial charge in [0, 0.05) is 0 Å². The van der Waals surface area contributed by atoms with E-state index in [1.54, 1.807) is 0 Å². The van der Waals surface area contributed by atoms with Crippen molar-refractivity contribution in [2.24, 2.45) is 5.92 Å². The summed E-state index contributed by atoms with van der Waals surface area (Å²) in [5.74, 6) is 0.965. The zero-order valence-corrected chi connectivity index (χ0v) is 17.5. The number of hydrogen-bond donors (Lipinski definition) is 0. The molecule has 0 amide bonds. The third-order valence-corrected chi connectivity index (χ3v) is 5.47. The Kier molecular flexibility index (Phi) is 18.9. The minimum absolute atomic E-state index is 0.965. The summed E-state index contributed by atoms with van der Waals surface area (Å²) in [6.07, 6.45) is 25.2. The van der Waals surface area contributed by atoms with E-state index in [0.717, 1.165) is 5.92 Å². The van der Waals surface area contributed by atoms with Crippen LogP contribution in [0.15, 0.2) is 12.2 Å². The fourth-order valence-electron chi connectivity index (χ4n) is 3.65. The molecule has 1 atom stereocenters. The van der Waals surface area contributed by atoms with Crippen molar-refractivity contribution in [3.63, 3.8) is 0 Å². The molecule has 0 saturated carbocycles. The predicted octanol–water partition coefficient (Wildman–Crippen LogP) is 9.24. The van der Waals surface area contributed by atoms with Gasteiger partial charge in [-0.1, -0.05) is 123 Å². The fourth-order valence-corrected chi connectivity index (χ4v) is 3.65. The summed E-state index contributed by atoms with van der Waals surface area (Å²) in [6.45, 7) is 11.3. The van der Waals surface area contributed by atoms with Crippen molar-refractivity contribution in [2.75, 3.05) is 0 Å². The van der Waals surface area contributed by atoms with E-state index in [9.17, 15) is 0 Å². The maximum absolute atomic E-state index is 4.36. The van der Waals surface area contributed by atoms with Crippen LogP contribution < -0.4 is 0 Å². The third kappa shape index (κ3) is 16.6. The van der Waals surface area contributed by atoms with Gasteiger partial charge < -0.3 is 0 Å². The van der Waals surface area contributed by atoms with Crippen molar-refractivity contribution in [3.8, 4) is 0 Å². The molecular weight excluding hydrogens is 288 g/mol. The number of hydrogen-bond acceptors (Lipinski definition) is 0. The first kappa shape index (κ1) is 23.7. The standard InChI is InChI=1S/C24H48/c1-5-8-11-12-13-14-15-17-18-23(4)21-22-24(19-10-7-3)20-16-9-6-2/h24H,4-22H2,1-3H3. The molecular formula is C24H48. The van der Waals surface area contributed by atoms with E-state index in [1.165, 1.54) is 121 Å². The molecule has 0 aromatic carbocycles. The van der Waals surface area contributed by atoms with Gasteiger partial charge in [0.15, 0.2) is 0 Å². The van der Waals surface area contributed by atoms with E-state index in [1.807, 2.05) is 0 Å². The van der Waals surface area contributed by atoms with Gasteiger partial charge in [-0.25, -0.2) is 0 Å². The molecule has 0 aliphatic heterocycles. The van der Waals surface area contributed by atoms with E-state index in [2.05, 4.69) is 27.4 Å². The van der Waals surface area contributed by atoms with Gasteiger partial charge in [0.1, 0.15) is 0 Å². The van der Waals surface area contributed by atoms with E-state index in [-0.39, 0.29) is 0 Å². The minimum Gasteiger partial charge on any atom is -0.0999 e. The molecule has 1 unspecified atom stereocenters. The Hall–Kier alpha value is -0.260. The predicted molar refractivity (Wildman–Crippen MR) is 113 cm³/mol. The molecule has 0 aromatic heterocycles. The van der Waals surface area contributed by atoms with Gasteiger partial charge in [0.2, 0.25) is 0 Å². The zero-order chi connectivity index (χ0) is 17.9. The van der Waals surface area contributed by atoms with Gasteiger partial charge >= 0.3 is 0 Å². The molecule has 0 fully saturated rings. The van der Waals surface area contributed by atoms with Crippen molar-refractivity contribution in [1.82, 2.24) is 0 Å². The summed E-state index contributed by atoms with van der Waals surface area (Å²) in [7, 11) is 0. The molecule has 0 aromatic rings. The minimum atomic E-state index is 0.965. The first-order valence-corrected chi connectivity index (χ1v) is 11.4. The van der Waals surface area contributed by atoms with Gasteiger partial charge in [0.25, 0.3) is 0 Å². The lowest BCUT2D eigenvalue weighted by molar-refractivity contribution is 0.388. The highest BCUT2D eigenvalue weighted by Gasteiger charge is 2.09. The number of rotatable bonds is 19. The molecule has 0 aliphatic rings. The van der Waals surface area contributed by atoms with Crippen molar-refractivity contribution in [1.29, 1.82) is 0 Å². The Morgan fingerprint density at radius 1 is 0.542 bits per heavy atom. The van der Waals surface area contributed by atoms with Crippen LogP contribution in [0.1, 0.15) is 136 Å². The summed E-state index contributed by atoms with van der Waals surface area (Å²) in [6, 6.07) is 0. The van der Waals surface area contributed by atoms with Crippen LogP contribution in [0.4, 0.5) is 0 Å². The number of allylic oxidation sites excluding steroid dienone is 1. The smallest absolute Gasteiger partial charge is 0.0320 e. The Labute approximate surface area is 154 Å². The highest BCUT2D eigenvalue weighted by atomic mass is 14.1. The van der Waals surface area contributed by atoms with Crippen LogP contribution >= 0.6 is 0 Å². The van der Waals surface area contributed by atoms with Crippen molar-refractivity contribution < 1.29 is 0 Å². The van der Waals surface area contributed by atoms with Crippen LogP contribution in [0.5, 0.6) is 0 Å². The second kappa shape index (κ2) is 19.1. The maximum atomic E-state index is 4.36. The van der Waals surface area contributed by atoms with Gasteiger partial charge in [-0.2, -0.15) is 0 Å². The van der Waals surface area contributed by atoms with Crippen LogP contribution in [0.2, 0.25) is 0 Å². The lowest BCUT2D eigenvalue weighted by atomic mass is 9.89. The summed E-state index contributed by atoms with van der Waals surface area (Å²) < 4.78 is 0. The molecule has 0 spiro atoms. The van der Waals surface area contributed by atoms with E-state index >= 15 is 0 Å². The fraction of sp³-hybridized carbons (Fsp3) is 0.917. The maximum Gasteiger partial charge on any atom is -0.0320 e. The summed E-state index contributed by atoms with van der Waals surface area (Å²) in [4.78, 5) is 0. The van der Waals surface area contributed by atoms with Crippen molar-refractivity contribution in [2.45, 2.75) is 136 Å². The van der Waals surface area contributed by atoms with E-state index < -0.39 is 0 Å². The molecule has 0 bridgehead atoms. The van der Waals surface area contributed by atoms with E-state index in [4.69, 9.17) is 0 Å². The molecule has 0 aliphatic carbocycles. The van der Waals surface area contributed by atoms with Gasteiger partial charge in [0.05, 0.1) is 0 Å². The molecule has 24 heavy (non-hydrogen) atoms. The average Bonchev–Trinajstić information content (AvgIpc) is 2.59. The summed E-state index contributed by atoms with van der Waals surface area (Å²) in [5, 5.41) is 0. The Morgan fingerprint density at radius 3 is 1.67 bits per heavy atom. The van der Waals surface area contributed by atoms with Gasteiger partial charge in [-0.05, 0) is 31.6 Å². The number of unbranched alkanes of at least 4 members (excludes halogenated alkanes) is 10. The Morgan fingerprint density at radius 2 is 1.04 bits per heavy atom. The highest BCUT2D eigenvalue weighted by Crippen LogP contribution is 2.25. The quantitative estimate of drug-likeness (QED) is 0.163. The first-order valence-electron chi connectivity index (χ1n) is 11.4. The second-order valence-corrected chi connectivity index (χ2v) is 8.02. The van der Waals surface area contributed by atoms with Crippen LogP contribution in [0, 0.1) is 5.92 Å². The third-order valence-electron chi connectivity index (χ3n) is 5.47. The van der Waals surface area contributed by atoms with Crippen LogP contribution in [0.25, 0.3) is 0 Å². The largest absolute Gasteiger partial charge is 0.0999 e. The molecule has 0 heterocycles. The molecule has 0 N–H and O–H groups in total. The van der Waals surface area contributed by atoms with Crippen LogP contribution in [-0.4, -0.2) is 0 Å². The average molecular weight is 337 g/mol. The molecule has 0 saturated heterocycles. The monoisotopic (exact) mass is 336 g/mol. The molecule has 0 rings (SSSR count). The van der Waals surface area contributed by atoms with Gasteiger partial charge in [-0.15, -0.1) is 0 Å². The second-order valence-electron chi connectivity index (χ2n) is 8.02. The molecule has 0 radical (unpaired) electrons. The lowest BCUT2D eigenvalue weighted by Crippen LogP contribution is -2.02. The van der Waals surface area contributed by atoms with Gasteiger partial charge in [-0.3, -0.25) is 0 Å². The Bertz CT molecular complexity index is 253. The topological polar surface area (TPSA) is 0 Å². The first-order chi connectivity index (χ1) is 11.7. The SMILES string of the molecule is C=C(CCCCCCCCCC)CCC(CCCC)CCCCC. The highest BCUT2D eigenvalue weighted by molar-refractivity contribution is 4.94. The molecule has 144 valence electrons. The molecule has 0 heteroatoms. The van der Waals surface area contributed by atoms with Crippen molar-refractivity contribution >= 4 is 0 Å². The normalized spacial score (nSPS) is 12.5. The summed E-state index contributed by atoms with van der Waals surface area (Å²) >= 11 is 0. The zero-order valence-electron chi connectivity index (χ0n) is 17.5. The molecule has 0 nitrogen and oxygen atoms in total. The van der Waals surface area contributed by atoms with E-state index in [0.29, 0.717) is 0 Å². The van der Waals surface area contributed by atoms with Crippen molar-refractivity contribution in [3.05, 3.63) is 12.2 Å². The lowest BCUT2D eigenvalue weighted by Gasteiger charge is -2.17. The van der Waals surface area contributed by atoms with Crippen LogP contribution in [0.3, 0.4) is 0 Å². The summed E-state index contributed by atoms with van der Waals surface area (Å²) in [5.41, 5.74) is 1.53. The Balaban J connectivity index is 3.63. The van der Waals surface area contributed by atoms with Crippen LogP contribution in [-0.2, 0) is 0 Å².